The summed E-state index contributed by atoms with van der Waals surface area (Å²) in [5.74, 6) is 1.89. The Balaban J connectivity index is 2.09. The van der Waals surface area contributed by atoms with E-state index in [2.05, 4.69) is 62.0 Å². The fourth-order valence-electron chi connectivity index (χ4n) is 2.75. The third-order valence-corrected chi connectivity index (χ3v) is 4.30. The maximum Gasteiger partial charge on any atom is 0.129 e. The molecule has 1 aliphatic rings. The minimum Gasteiger partial charge on any atom is -0.354 e. The summed E-state index contributed by atoms with van der Waals surface area (Å²) in [4.78, 5) is 7.06. The summed E-state index contributed by atoms with van der Waals surface area (Å²) >= 11 is 0. The molecule has 0 saturated carbocycles. The molecule has 1 fully saturated rings. The van der Waals surface area contributed by atoms with E-state index in [4.69, 9.17) is 0 Å². The highest BCUT2D eigenvalue weighted by Crippen LogP contribution is 2.27. The van der Waals surface area contributed by atoms with Gasteiger partial charge >= 0.3 is 0 Å². The Morgan fingerprint density at radius 1 is 1.35 bits per heavy atom. The Kier molecular flexibility index (Phi) is 4.69. The van der Waals surface area contributed by atoms with Crippen LogP contribution in [0.25, 0.3) is 0 Å². The molecule has 0 spiro atoms. The molecule has 3 heteroatoms. The summed E-state index contributed by atoms with van der Waals surface area (Å²) in [5, 5.41) is 3.54. The van der Waals surface area contributed by atoms with Crippen LogP contribution in [-0.4, -0.2) is 23.1 Å². The van der Waals surface area contributed by atoms with Crippen LogP contribution in [0.2, 0.25) is 0 Å². The summed E-state index contributed by atoms with van der Waals surface area (Å²) in [7, 11) is 0. The van der Waals surface area contributed by atoms with Crippen molar-refractivity contribution in [2.24, 2.45) is 5.92 Å². The Bertz CT molecular complexity index is 436. The normalized spacial score (nSPS) is 23.9. The maximum atomic E-state index is 4.59. The van der Waals surface area contributed by atoms with Gasteiger partial charge in [-0.2, -0.15) is 0 Å². The van der Waals surface area contributed by atoms with Gasteiger partial charge in [0.05, 0.1) is 0 Å². The van der Waals surface area contributed by atoms with E-state index in [1.54, 1.807) is 0 Å². The molecule has 1 saturated heterocycles. The molecule has 1 N–H and O–H groups in total. The van der Waals surface area contributed by atoms with Crippen LogP contribution in [0.15, 0.2) is 18.3 Å². The minimum absolute atomic E-state index is 0.149. The molecule has 2 heterocycles. The van der Waals surface area contributed by atoms with Crippen molar-refractivity contribution in [3.63, 3.8) is 0 Å². The van der Waals surface area contributed by atoms with Crippen LogP contribution < -0.4 is 10.2 Å². The van der Waals surface area contributed by atoms with E-state index < -0.39 is 0 Å². The Morgan fingerprint density at radius 2 is 2.10 bits per heavy atom. The average Bonchev–Trinajstić information content (AvgIpc) is 2.39. The highest BCUT2D eigenvalue weighted by molar-refractivity contribution is 5.42. The molecule has 20 heavy (non-hydrogen) atoms. The molecule has 1 aliphatic heterocycles. The van der Waals surface area contributed by atoms with Crippen molar-refractivity contribution < 1.29 is 0 Å². The molecular formula is C17H29N3. The summed E-state index contributed by atoms with van der Waals surface area (Å²) in [6.45, 7) is 13.3. The number of hydrogen-bond donors (Lipinski definition) is 1. The fraction of sp³-hybridized carbons (Fsp3) is 0.706. The number of nitrogens with zero attached hydrogens (tertiary/aromatic N) is 2. The van der Waals surface area contributed by atoms with Crippen molar-refractivity contribution in [1.29, 1.82) is 0 Å². The number of nitrogens with one attached hydrogen (secondary N) is 1. The number of piperidine rings is 1. The molecule has 0 aromatic carbocycles. The fourth-order valence-corrected chi connectivity index (χ4v) is 2.75. The van der Waals surface area contributed by atoms with E-state index >= 15 is 0 Å². The van der Waals surface area contributed by atoms with Crippen molar-refractivity contribution in [3.05, 3.63) is 23.9 Å². The summed E-state index contributed by atoms with van der Waals surface area (Å²) in [6, 6.07) is 4.94. The van der Waals surface area contributed by atoms with Gasteiger partial charge in [0.25, 0.3) is 0 Å². The van der Waals surface area contributed by atoms with Gasteiger partial charge in [0.15, 0.2) is 0 Å². The first-order valence-corrected chi connectivity index (χ1v) is 7.83. The smallest absolute Gasteiger partial charge is 0.129 e. The second-order valence-corrected chi connectivity index (χ2v) is 7.18. The number of rotatable bonds is 3. The van der Waals surface area contributed by atoms with Gasteiger partial charge in [-0.15, -0.1) is 0 Å². The first-order chi connectivity index (χ1) is 9.37. The van der Waals surface area contributed by atoms with E-state index in [0.29, 0.717) is 6.04 Å². The Labute approximate surface area is 123 Å². The highest BCUT2D eigenvalue weighted by Gasteiger charge is 2.25. The second kappa shape index (κ2) is 6.13. The monoisotopic (exact) mass is 275 g/mol. The lowest BCUT2D eigenvalue weighted by Gasteiger charge is -2.39. The zero-order valence-corrected chi connectivity index (χ0v) is 13.6. The van der Waals surface area contributed by atoms with Crippen LogP contribution in [0.5, 0.6) is 0 Å². The molecule has 0 bridgehead atoms. The predicted molar refractivity (Wildman–Crippen MR) is 86.0 cm³/mol. The molecule has 1 aromatic rings. The zero-order valence-electron chi connectivity index (χ0n) is 13.6. The summed E-state index contributed by atoms with van der Waals surface area (Å²) in [6.07, 6.45) is 4.56. The minimum atomic E-state index is 0.149. The third kappa shape index (κ3) is 3.95. The second-order valence-electron chi connectivity index (χ2n) is 7.18. The zero-order chi connectivity index (χ0) is 14.8. The molecule has 3 nitrogen and oxygen atoms in total. The number of hydrogen-bond acceptors (Lipinski definition) is 3. The first-order valence-electron chi connectivity index (χ1n) is 7.83. The van der Waals surface area contributed by atoms with Crippen LogP contribution in [0.4, 0.5) is 5.82 Å². The van der Waals surface area contributed by atoms with E-state index in [-0.39, 0.29) is 5.54 Å². The lowest BCUT2D eigenvalue weighted by atomic mass is 9.92. The SMILES string of the molecule is CC1CCCN(c2cc(CNC(C)(C)C)ccn2)C1C. The molecule has 0 radical (unpaired) electrons. The van der Waals surface area contributed by atoms with Crippen molar-refractivity contribution in [3.8, 4) is 0 Å². The summed E-state index contributed by atoms with van der Waals surface area (Å²) < 4.78 is 0. The molecule has 1 aromatic heterocycles. The maximum absolute atomic E-state index is 4.59. The molecule has 2 rings (SSSR count). The van der Waals surface area contributed by atoms with Gasteiger partial charge in [0, 0.05) is 30.9 Å². The van der Waals surface area contributed by atoms with Gasteiger partial charge in [0.1, 0.15) is 5.82 Å². The molecule has 0 aliphatic carbocycles. The lowest BCUT2D eigenvalue weighted by Crippen LogP contribution is -2.43. The van der Waals surface area contributed by atoms with Gasteiger partial charge in [0.2, 0.25) is 0 Å². The van der Waals surface area contributed by atoms with Crippen LogP contribution in [0.3, 0.4) is 0 Å². The van der Waals surface area contributed by atoms with E-state index in [1.165, 1.54) is 18.4 Å². The molecule has 0 amide bonds. The first kappa shape index (κ1) is 15.3. The van der Waals surface area contributed by atoms with Gasteiger partial charge in [-0.1, -0.05) is 6.92 Å². The lowest BCUT2D eigenvalue weighted by molar-refractivity contribution is 0.361. The summed E-state index contributed by atoms with van der Waals surface area (Å²) in [5.41, 5.74) is 1.46. The van der Waals surface area contributed by atoms with Crippen LogP contribution in [-0.2, 0) is 6.54 Å². The van der Waals surface area contributed by atoms with Gasteiger partial charge in [-0.25, -0.2) is 4.98 Å². The van der Waals surface area contributed by atoms with Crippen LogP contribution in [0.1, 0.15) is 53.0 Å². The van der Waals surface area contributed by atoms with Crippen molar-refractivity contribution in [2.75, 3.05) is 11.4 Å². The predicted octanol–water partition coefficient (Wildman–Crippen LogP) is 3.59. The van der Waals surface area contributed by atoms with Gasteiger partial charge < -0.3 is 10.2 Å². The van der Waals surface area contributed by atoms with Crippen LogP contribution >= 0.6 is 0 Å². The van der Waals surface area contributed by atoms with Crippen molar-refractivity contribution in [1.82, 2.24) is 10.3 Å². The van der Waals surface area contributed by atoms with Gasteiger partial charge in [-0.05, 0) is 64.2 Å². The number of pyridine rings is 1. The van der Waals surface area contributed by atoms with Crippen molar-refractivity contribution in [2.45, 2.75) is 65.6 Å². The van der Waals surface area contributed by atoms with E-state index in [0.717, 1.165) is 24.8 Å². The molecular weight excluding hydrogens is 246 g/mol. The molecule has 112 valence electrons. The average molecular weight is 275 g/mol. The Morgan fingerprint density at radius 3 is 2.80 bits per heavy atom. The molecule has 2 unspecified atom stereocenters. The highest BCUT2D eigenvalue weighted by atomic mass is 15.2. The molecule has 2 atom stereocenters. The third-order valence-electron chi connectivity index (χ3n) is 4.30. The number of aromatic nitrogens is 1. The standard InChI is InChI=1S/C17H29N3/c1-13-7-6-10-20(14(13)2)16-11-15(8-9-18-16)12-19-17(3,4)5/h8-9,11,13-14,19H,6-7,10,12H2,1-5H3. The topological polar surface area (TPSA) is 28.2 Å². The van der Waals surface area contributed by atoms with Crippen molar-refractivity contribution >= 4 is 5.82 Å². The Hall–Kier alpha value is -1.09. The quantitative estimate of drug-likeness (QED) is 0.913. The van der Waals surface area contributed by atoms with E-state index in [9.17, 15) is 0 Å². The number of anilines is 1. The van der Waals surface area contributed by atoms with Gasteiger partial charge in [-0.3, -0.25) is 0 Å². The largest absolute Gasteiger partial charge is 0.354 e. The van der Waals surface area contributed by atoms with Crippen LogP contribution in [0, 0.1) is 5.92 Å². The van der Waals surface area contributed by atoms with E-state index in [1.807, 2.05) is 6.20 Å².